The van der Waals surface area contributed by atoms with E-state index in [0.29, 0.717) is 61.7 Å². The Labute approximate surface area is 641 Å². The number of anilines is 2. The van der Waals surface area contributed by atoms with E-state index in [1.807, 2.05) is 48.6 Å². The van der Waals surface area contributed by atoms with Crippen molar-refractivity contribution in [2.45, 2.75) is 119 Å². The third-order valence-corrected chi connectivity index (χ3v) is 27.4. The summed E-state index contributed by atoms with van der Waals surface area (Å²) in [6.07, 6.45) is 19.6. The number of nitrogens with zero attached hydrogens (tertiary/aromatic N) is 4. The molecule has 0 aromatic heterocycles. The minimum atomic E-state index is -3.91. The smallest absolute Gasteiger partial charge is 0.210 e. The van der Waals surface area contributed by atoms with E-state index in [1.54, 1.807) is 48.5 Å². The number of hydrogen-bond acceptors (Lipinski definition) is 10. The summed E-state index contributed by atoms with van der Waals surface area (Å²) in [6.45, 7) is 19.4. The topological polar surface area (TPSA) is 162 Å². The maximum absolute atomic E-state index is 14.8. The summed E-state index contributed by atoms with van der Waals surface area (Å²) >= 11 is 0. The normalized spacial score (nSPS) is 19.4. The van der Waals surface area contributed by atoms with Crippen LogP contribution < -0.4 is 9.80 Å². The number of rotatable bonds is 18. The van der Waals surface area contributed by atoms with Crippen LogP contribution in [0.2, 0.25) is 0 Å². The maximum Gasteiger partial charge on any atom is 0.210 e. The van der Waals surface area contributed by atoms with Crippen LogP contribution in [0.15, 0.2) is 308 Å². The van der Waals surface area contributed by atoms with Gasteiger partial charge < -0.3 is 30.2 Å². The lowest BCUT2D eigenvalue weighted by Gasteiger charge is -2.27. The summed E-state index contributed by atoms with van der Waals surface area (Å²) in [5, 5.41) is 50.2. The first-order valence-electron chi connectivity index (χ1n) is 38.1. The van der Waals surface area contributed by atoms with Crippen molar-refractivity contribution < 1.29 is 46.4 Å². The monoisotopic (exact) mass is 1480 g/mol. The van der Waals surface area contributed by atoms with Crippen LogP contribution in [0.3, 0.4) is 0 Å². The minimum Gasteiger partial charge on any atom is -0.395 e. The van der Waals surface area contributed by atoms with E-state index in [-0.39, 0.29) is 36.2 Å². The molecule has 10 aromatic carbocycles. The summed E-state index contributed by atoms with van der Waals surface area (Å²) in [5.41, 5.74) is 14.7. The number of sulfone groups is 2. The van der Waals surface area contributed by atoms with Gasteiger partial charge in [-0.15, -0.1) is 0 Å². The van der Waals surface area contributed by atoms with E-state index >= 15 is 0 Å². The lowest BCUT2D eigenvalue weighted by atomic mass is 9.78. The molecule has 0 amide bonds. The van der Waals surface area contributed by atoms with Gasteiger partial charge >= 0.3 is 0 Å². The third kappa shape index (κ3) is 12.8. The molecule has 0 saturated carbocycles. The number of allylic oxidation sites excluding steroid dienone is 14. The Morgan fingerprint density at radius 2 is 0.706 bits per heavy atom. The van der Waals surface area contributed by atoms with E-state index in [4.69, 9.17) is 0 Å². The molecular weight excluding hydrogens is 1390 g/mol. The van der Waals surface area contributed by atoms with E-state index < -0.39 is 41.3 Å². The molecular formula is C95H96N4O8S2+2. The molecule has 12 nitrogen and oxygen atoms in total. The van der Waals surface area contributed by atoms with Crippen LogP contribution in [0.25, 0.3) is 43.1 Å². The standard InChI is InChI=1S/C48H49N2O4S.C47H47N2O4S/c1-47(2)42(49(29-31-51)40-25-21-33-13-8-10-19-38(33)44(40)47)27-23-35-15-12-16-36(46(35)55(53,54)37-17-6-5-7-18-37)24-28-43-48(3,4)45-39-20-11-9-14-34(39)22-26-41(45)50(43)30-32-52;1-46(2)41(48(28-30-50)39-24-20-32-12-8-10-16-37(32)43(39)46)26-22-34-18-19-35(45(34)54(52,53)36-14-6-5-7-15-36)23-27-42-47(3,4)44-38-17-11-9-13-33(38)21-25-40(44)49(42)29-31-51/h5-11,13-14,17-28,51-52H,12,15-16,29-32H2,1-4H3;5-17,20-27,50-51H,18-19,28-31H2,1-4H3/q2*+1. The summed E-state index contributed by atoms with van der Waals surface area (Å²) < 4.78 is 63.2. The van der Waals surface area contributed by atoms with Crippen molar-refractivity contribution in [1.82, 2.24) is 0 Å². The molecule has 4 aliphatic heterocycles. The third-order valence-electron chi connectivity index (χ3n) is 23.4. The highest BCUT2D eigenvalue weighted by molar-refractivity contribution is 7.96. The molecule has 0 bridgehead atoms. The lowest BCUT2D eigenvalue weighted by molar-refractivity contribution is -0.441. The van der Waals surface area contributed by atoms with Gasteiger partial charge in [-0.1, -0.05) is 198 Å². The fourth-order valence-electron chi connectivity index (χ4n) is 18.6. The van der Waals surface area contributed by atoms with Crippen molar-refractivity contribution >= 4 is 96.9 Å². The average molecular weight is 1490 g/mol. The molecule has 14 heteroatoms. The van der Waals surface area contributed by atoms with Crippen LogP contribution >= 0.6 is 0 Å². The van der Waals surface area contributed by atoms with Crippen LogP contribution in [0, 0.1) is 0 Å². The molecule has 0 saturated heterocycles. The van der Waals surface area contributed by atoms with Crippen molar-refractivity contribution in [1.29, 1.82) is 0 Å². The Balaban J connectivity index is 0.000000174. The van der Waals surface area contributed by atoms with Crippen molar-refractivity contribution in [3.63, 3.8) is 0 Å². The summed E-state index contributed by atoms with van der Waals surface area (Å²) in [5.74, 6) is 0. The molecule has 6 aliphatic rings. The second-order valence-corrected chi connectivity index (χ2v) is 35.1. The second kappa shape index (κ2) is 29.3. The van der Waals surface area contributed by atoms with Crippen LogP contribution in [0.5, 0.6) is 0 Å². The van der Waals surface area contributed by atoms with Gasteiger partial charge in [-0.05, 0) is 197 Å². The molecule has 10 aromatic rings. The molecule has 0 unspecified atom stereocenters. The number of fused-ring (bicyclic) bond motifs is 12. The van der Waals surface area contributed by atoms with E-state index in [1.165, 1.54) is 43.8 Å². The molecule has 4 N–H and O–H groups in total. The van der Waals surface area contributed by atoms with Gasteiger partial charge in [0.25, 0.3) is 0 Å². The van der Waals surface area contributed by atoms with E-state index in [0.717, 1.165) is 95.8 Å². The highest BCUT2D eigenvalue weighted by Gasteiger charge is 2.49. The molecule has 0 spiro atoms. The summed E-state index contributed by atoms with van der Waals surface area (Å²) in [4.78, 5) is 5.62. The van der Waals surface area contributed by atoms with Crippen LogP contribution in [0.4, 0.5) is 22.7 Å². The van der Waals surface area contributed by atoms with Gasteiger partial charge in [-0.25, -0.2) is 16.8 Å². The summed E-state index contributed by atoms with van der Waals surface area (Å²) in [7, 11) is -7.79. The number of benzene rings is 10. The zero-order chi connectivity index (χ0) is 76.4. The predicted octanol–water partition coefficient (Wildman–Crippen LogP) is 18.5. The first-order chi connectivity index (χ1) is 52.5. The van der Waals surface area contributed by atoms with Gasteiger partial charge in [0.2, 0.25) is 31.0 Å². The molecule has 0 fully saturated rings. The Morgan fingerprint density at radius 3 is 1.09 bits per heavy atom. The molecule has 554 valence electrons. The fourth-order valence-corrected chi connectivity index (χ4v) is 22.2. The Kier molecular flexibility index (Phi) is 20.0. The molecule has 0 atom stereocenters. The van der Waals surface area contributed by atoms with Crippen LogP contribution in [0.1, 0.15) is 110 Å². The first-order valence-corrected chi connectivity index (χ1v) is 41.1. The molecule has 0 radical (unpaired) electrons. The quantitative estimate of drug-likeness (QED) is 0.0609. The van der Waals surface area contributed by atoms with Gasteiger partial charge in [0.1, 0.15) is 13.2 Å². The van der Waals surface area contributed by atoms with Crippen LogP contribution in [-0.4, -0.2) is 110 Å². The minimum absolute atomic E-state index is 0.0130. The van der Waals surface area contributed by atoms with Gasteiger partial charge in [0, 0.05) is 82.1 Å². The molecule has 4 heterocycles. The first kappa shape index (κ1) is 74.3. The molecule has 16 rings (SSSR count). The molecule has 109 heavy (non-hydrogen) atoms. The Bertz CT molecular complexity index is 5930. The fraction of sp³-hybridized carbons (Fsp3) is 0.263. The summed E-state index contributed by atoms with van der Waals surface area (Å²) in [6, 6.07) is 68.1. The van der Waals surface area contributed by atoms with Crippen LogP contribution in [-0.2, 0) is 41.3 Å². The second-order valence-electron chi connectivity index (χ2n) is 31.3. The SMILES string of the molecule is CC1(C)C(/C=C/C2=C(S(=O)(=O)c3ccccc3)C(=C/C=C3/N(CCO)c4ccc5ccccc5c4C3(C)C)/CC2)=[N+](CCO)c2ccc3ccccc3c21.CC1(C)C(/C=C/C2=C(S(=O)(=O)c3ccccc3)C(=C/C=C3/N(CCO)c4ccc5ccccc5c4C3(C)C)/CCC2)=[N+](CCO)c2ccc3ccccc3c21. The van der Waals surface area contributed by atoms with Crippen molar-refractivity contribution in [3.05, 3.63) is 321 Å². The van der Waals surface area contributed by atoms with Gasteiger partial charge in [-0.3, -0.25) is 0 Å². The van der Waals surface area contributed by atoms with Crippen molar-refractivity contribution in [2.24, 2.45) is 0 Å². The number of β-amino-alcohol motifs (C(OH)–C–C–N with tert-alkyl or cyclic N) is 4. The predicted molar refractivity (Wildman–Crippen MR) is 446 cm³/mol. The molecule has 2 aliphatic carbocycles. The van der Waals surface area contributed by atoms with Gasteiger partial charge in [0.15, 0.2) is 24.5 Å². The Morgan fingerprint density at radius 1 is 0.358 bits per heavy atom. The van der Waals surface area contributed by atoms with E-state index in [2.05, 4.69) is 232 Å². The number of aliphatic hydroxyl groups is 4. The Hall–Kier alpha value is -10.2. The zero-order valence-corrected chi connectivity index (χ0v) is 65.1. The average Bonchev–Trinajstić information content (AvgIpc) is 1.60. The highest BCUT2D eigenvalue weighted by Crippen LogP contribution is 2.54. The van der Waals surface area contributed by atoms with Crippen molar-refractivity contribution in [2.75, 3.05) is 62.4 Å². The largest absolute Gasteiger partial charge is 0.395 e. The van der Waals surface area contributed by atoms with Crippen molar-refractivity contribution in [3.8, 4) is 0 Å². The number of hydrogen-bond donors (Lipinski definition) is 4. The number of aliphatic hydroxyl groups excluding tert-OH is 4. The lowest BCUT2D eigenvalue weighted by Crippen LogP contribution is -2.28. The maximum atomic E-state index is 14.8. The highest BCUT2D eigenvalue weighted by atomic mass is 32.2. The zero-order valence-electron chi connectivity index (χ0n) is 63.5. The van der Waals surface area contributed by atoms with Gasteiger partial charge in [0.05, 0.1) is 43.6 Å². The van der Waals surface area contributed by atoms with E-state index in [9.17, 15) is 37.3 Å². The van der Waals surface area contributed by atoms with Gasteiger partial charge in [-0.2, -0.15) is 9.15 Å².